The van der Waals surface area contributed by atoms with Gasteiger partial charge < -0.3 is 0 Å². The summed E-state index contributed by atoms with van der Waals surface area (Å²) in [6, 6.07) is 18.8. The summed E-state index contributed by atoms with van der Waals surface area (Å²) in [5.41, 5.74) is 3.24. The van der Waals surface area contributed by atoms with Crippen LogP contribution in [0.2, 0.25) is 0 Å². The molecule has 0 amide bonds. The van der Waals surface area contributed by atoms with E-state index < -0.39 is 0 Å². The van der Waals surface area contributed by atoms with Crippen LogP contribution < -0.4 is 0 Å². The molecule has 2 heterocycles. The Bertz CT molecular complexity index is 1010. The zero-order chi connectivity index (χ0) is 17.2. The molecule has 0 spiro atoms. The predicted molar refractivity (Wildman–Crippen MR) is 103 cm³/mol. The van der Waals surface area contributed by atoms with E-state index in [9.17, 15) is 0 Å². The molecule has 0 saturated carbocycles. The third-order valence-electron chi connectivity index (χ3n) is 4.24. The van der Waals surface area contributed by atoms with E-state index >= 15 is 0 Å². The Morgan fingerprint density at radius 2 is 1.76 bits per heavy atom. The Kier molecular flexibility index (Phi) is 4.40. The van der Waals surface area contributed by atoms with E-state index in [0.717, 1.165) is 40.4 Å². The number of fused-ring (bicyclic) bond motifs is 3. The molecule has 0 bridgehead atoms. The van der Waals surface area contributed by atoms with E-state index in [2.05, 4.69) is 53.4 Å². The molecule has 0 N–H and O–H groups in total. The summed E-state index contributed by atoms with van der Waals surface area (Å²) in [6.45, 7) is 4.18. The quantitative estimate of drug-likeness (QED) is 0.387. The van der Waals surface area contributed by atoms with Crippen LogP contribution in [0.3, 0.4) is 0 Å². The number of hydrogen-bond acceptors (Lipinski definition) is 4. The highest BCUT2D eigenvalue weighted by molar-refractivity contribution is 7.99. The number of thioether (sulfide) groups is 1. The van der Waals surface area contributed by atoms with Crippen LogP contribution in [0.25, 0.3) is 16.6 Å². The lowest BCUT2D eigenvalue weighted by Gasteiger charge is -2.12. The van der Waals surface area contributed by atoms with Gasteiger partial charge in [0.15, 0.2) is 10.8 Å². The second kappa shape index (κ2) is 6.84. The number of hydrogen-bond donors (Lipinski definition) is 0. The van der Waals surface area contributed by atoms with Crippen molar-refractivity contribution in [2.75, 3.05) is 0 Å². The molecular weight excluding hydrogens is 328 g/mol. The minimum Gasteiger partial charge on any atom is -0.222 e. The maximum absolute atomic E-state index is 4.84. The highest BCUT2D eigenvalue weighted by Crippen LogP contribution is 2.28. The molecule has 4 nitrogen and oxygen atoms in total. The first-order valence-corrected chi connectivity index (χ1v) is 9.41. The van der Waals surface area contributed by atoms with Crippen LogP contribution in [-0.4, -0.2) is 24.8 Å². The number of para-hydroxylation sites is 1. The van der Waals surface area contributed by atoms with Crippen molar-refractivity contribution in [1.29, 1.82) is 0 Å². The first-order chi connectivity index (χ1) is 12.2. The van der Waals surface area contributed by atoms with Gasteiger partial charge in [0.2, 0.25) is 0 Å². The second-order valence-electron chi connectivity index (χ2n) is 6.26. The molecule has 0 radical (unpaired) electrons. The van der Waals surface area contributed by atoms with Crippen molar-refractivity contribution < 1.29 is 0 Å². The smallest absolute Gasteiger partial charge is 0.191 e. The van der Waals surface area contributed by atoms with Crippen LogP contribution in [0.4, 0.5) is 0 Å². The molecule has 126 valence electrons. The zero-order valence-corrected chi connectivity index (χ0v) is 15.2. The minimum absolute atomic E-state index is 0.446. The Hall–Kier alpha value is -2.40. The predicted octanol–water partition coefficient (Wildman–Crippen LogP) is 4.70. The van der Waals surface area contributed by atoms with Gasteiger partial charge in [-0.15, -0.1) is 5.10 Å². The second-order valence-corrected chi connectivity index (χ2v) is 7.66. The summed E-state index contributed by atoms with van der Waals surface area (Å²) in [6.07, 6.45) is 2.17. The fourth-order valence-electron chi connectivity index (χ4n) is 2.96. The number of aryl methyl sites for hydroxylation is 2. The van der Waals surface area contributed by atoms with Crippen molar-refractivity contribution in [1.82, 2.24) is 19.6 Å². The molecule has 0 unspecified atom stereocenters. The fourth-order valence-corrected chi connectivity index (χ4v) is 3.94. The topological polar surface area (TPSA) is 43.1 Å². The molecule has 0 fully saturated rings. The van der Waals surface area contributed by atoms with Gasteiger partial charge in [0.1, 0.15) is 5.82 Å². The zero-order valence-electron chi connectivity index (χ0n) is 14.4. The third-order valence-corrected chi connectivity index (χ3v) is 5.36. The molecular formula is C20H20N4S. The van der Waals surface area contributed by atoms with E-state index in [1.807, 2.05) is 29.6 Å². The molecule has 0 aliphatic rings. The standard InChI is InChI=1S/C20H20N4S/c1-14(12-13-16-8-4-3-5-9-16)25-20-22-18-11-7-6-10-17(18)19-21-15(2)23-24(19)20/h3-11,14H,12-13H2,1-2H3/t14-/m1/s1. The number of aromatic nitrogens is 4. The Labute approximate surface area is 151 Å². The molecule has 2 aromatic carbocycles. The van der Waals surface area contributed by atoms with E-state index in [-0.39, 0.29) is 0 Å². The summed E-state index contributed by atoms with van der Waals surface area (Å²) >= 11 is 1.77. The van der Waals surface area contributed by atoms with Gasteiger partial charge in [-0.25, -0.2) is 9.97 Å². The van der Waals surface area contributed by atoms with Gasteiger partial charge >= 0.3 is 0 Å². The fraction of sp³-hybridized carbons (Fsp3) is 0.250. The highest BCUT2D eigenvalue weighted by Gasteiger charge is 2.15. The van der Waals surface area contributed by atoms with Crippen molar-refractivity contribution in [3.05, 3.63) is 66.0 Å². The van der Waals surface area contributed by atoms with E-state index in [1.165, 1.54) is 5.56 Å². The number of nitrogens with zero attached hydrogens (tertiary/aromatic N) is 4. The van der Waals surface area contributed by atoms with E-state index in [4.69, 9.17) is 4.98 Å². The molecule has 4 rings (SSSR count). The Morgan fingerprint density at radius 3 is 2.60 bits per heavy atom. The van der Waals surface area contributed by atoms with Gasteiger partial charge in [-0.05, 0) is 37.5 Å². The van der Waals surface area contributed by atoms with Crippen molar-refractivity contribution in [2.45, 2.75) is 37.1 Å². The van der Waals surface area contributed by atoms with Gasteiger partial charge in [-0.2, -0.15) is 4.52 Å². The Balaban J connectivity index is 1.61. The average molecular weight is 348 g/mol. The monoisotopic (exact) mass is 348 g/mol. The minimum atomic E-state index is 0.446. The third kappa shape index (κ3) is 3.37. The van der Waals surface area contributed by atoms with Crippen LogP contribution in [0.5, 0.6) is 0 Å². The molecule has 4 aromatic rings. The summed E-state index contributed by atoms with van der Waals surface area (Å²) in [5.74, 6) is 0.775. The van der Waals surface area contributed by atoms with E-state index in [1.54, 1.807) is 11.8 Å². The molecule has 2 aromatic heterocycles. The lowest BCUT2D eigenvalue weighted by molar-refractivity contribution is 0.773. The van der Waals surface area contributed by atoms with Crippen molar-refractivity contribution >= 4 is 28.3 Å². The van der Waals surface area contributed by atoms with Crippen molar-refractivity contribution in [3.63, 3.8) is 0 Å². The molecule has 25 heavy (non-hydrogen) atoms. The molecule has 0 aliphatic heterocycles. The number of rotatable bonds is 5. The normalized spacial score (nSPS) is 12.7. The highest BCUT2D eigenvalue weighted by atomic mass is 32.2. The molecule has 0 saturated heterocycles. The Morgan fingerprint density at radius 1 is 1.00 bits per heavy atom. The maximum Gasteiger partial charge on any atom is 0.191 e. The first kappa shape index (κ1) is 16.1. The van der Waals surface area contributed by atoms with Gasteiger partial charge in [0, 0.05) is 10.6 Å². The summed E-state index contributed by atoms with van der Waals surface area (Å²) in [5, 5.41) is 6.96. The van der Waals surface area contributed by atoms with Crippen molar-refractivity contribution in [2.24, 2.45) is 0 Å². The van der Waals surface area contributed by atoms with Crippen LogP contribution in [-0.2, 0) is 6.42 Å². The van der Waals surface area contributed by atoms with Gasteiger partial charge in [0.05, 0.1) is 5.52 Å². The summed E-state index contributed by atoms with van der Waals surface area (Å²) < 4.78 is 1.89. The van der Waals surface area contributed by atoms with Gasteiger partial charge in [0.25, 0.3) is 0 Å². The van der Waals surface area contributed by atoms with Gasteiger partial charge in [-0.3, -0.25) is 0 Å². The lowest BCUT2D eigenvalue weighted by atomic mass is 10.1. The van der Waals surface area contributed by atoms with Crippen LogP contribution in [0.15, 0.2) is 59.8 Å². The molecule has 5 heteroatoms. The van der Waals surface area contributed by atoms with Crippen LogP contribution in [0.1, 0.15) is 24.7 Å². The van der Waals surface area contributed by atoms with Crippen LogP contribution >= 0.6 is 11.8 Å². The lowest BCUT2D eigenvalue weighted by Crippen LogP contribution is -2.04. The van der Waals surface area contributed by atoms with Crippen molar-refractivity contribution in [3.8, 4) is 0 Å². The summed E-state index contributed by atoms with van der Waals surface area (Å²) in [7, 11) is 0. The summed E-state index contributed by atoms with van der Waals surface area (Å²) in [4.78, 5) is 9.44. The van der Waals surface area contributed by atoms with Crippen LogP contribution in [0, 0.1) is 6.92 Å². The SMILES string of the molecule is Cc1nc2c3ccccc3nc(S[C@H](C)CCc3ccccc3)n2n1. The van der Waals surface area contributed by atoms with E-state index in [0.29, 0.717) is 5.25 Å². The average Bonchev–Trinajstić information content (AvgIpc) is 3.03. The number of benzene rings is 2. The molecule has 1 atom stereocenters. The van der Waals surface area contributed by atoms with Gasteiger partial charge in [-0.1, -0.05) is 61.2 Å². The maximum atomic E-state index is 4.84. The largest absolute Gasteiger partial charge is 0.222 e. The first-order valence-electron chi connectivity index (χ1n) is 8.53. The molecule has 0 aliphatic carbocycles.